The molecule has 2 atom stereocenters. The summed E-state index contributed by atoms with van der Waals surface area (Å²) >= 11 is 0. The van der Waals surface area contributed by atoms with Crippen LogP contribution >= 0.6 is 0 Å². The van der Waals surface area contributed by atoms with E-state index < -0.39 is 0 Å². The molecule has 1 aliphatic rings. The molecule has 126 valence electrons. The normalized spacial score (nSPS) is 20.9. The van der Waals surface area contributed by atoms with E-state index >= 15 is 0 Å². The fourth-order valence-corrected chi connectivity index (χ4v) is 3.05. The quantitative estimate of drug-likeness (QED) is 0.393. The monoisotopic (exact) mass is 316 g/mol. The third-order valence-electron chi connectivity index (χ3n) is 4.36. The molecule has 2 rings (SSSR count). The second-order valence-corrected chi connectivity index (χ2v) is 6.36. The van der Waals surface area contributed by atoms with E-state index in [1.54, 1.807) is 12.1 Å². The van der Waals surface area contributed by atoms with Crippen molar-refractivity contribution in [1.82, 2.24) is 0 Å². The third-order valence-corrected chi connectivity index (χ3v) is 4.36. The summed E-state index contributed by atoms with van der Waals surface area (Å²) in [5.74, 6) is -0.304. The number of unbranched alkanes of at least 4 members (excludes halogenated alkanes) is 3. The fourth-order valence-electron chi connectivity index (χ4n) is 3.05. The topological polar surface area (TPSA) is 35.5 Å². The Morgan fingerprint density at radius 2 is 1.96 bits per heavy atom. The maximum Gasteiger partial charge on any atom is 0.337 e. The van der Waals surface area contributed by atoms with Gasteiger partial charge in [-0.05, 0) is 37.5 Å². The van der Waals surface area contributed by atoms with Crippen molar-refractivity contribution in [3.8, 4) is 0 Å². The SMILES string of the molecule is CCCCCC[C@H]1CC(C)=C[C@@H](c2ccc(C(=O)OC)cc2)O1. The van der Waals surface area contributed by atoms with Gasteiger partial charge in [0.1, 0.15) is 6.10 Å². The number of rotatable bonds is 7. The van der Waals surface area contributed by atoms with Crippen molar-refractivity contribution in [1.29, 1.82) is 0 Å². The lowest BCUT2D eigenvalue weighted by molar-refractivity contribution is -0.00389. The van der Waals surface area contributed by atoms with Crippen molar-refractivity contribution in [2.75, 3.05) is 7.11 Å². The van der Waals surface area contributed by atoms with Crippen LogP contribution < -0.4 is 0 Å². The van der Waals surface area contributed by atoms with Crippen LogP contribution in [0.3, 0.4) is 0 Å². The Balaban J connectivity index is 1.98. The number of carbonyl (C=O) groups is 1. The molecule has 3 nitrogen and oxygen atoms in total. The molecule has 0 amide bonds. The summed E-state index contributed by atoms with van der Waals surface area (Å²) in [4.78, 5) is 11.5. The zero-order valence-corrected chi connectivity index (χ0v) is 14.5. The number of hydrogen-bond acceptors (Lipinski definition) is 3. The molecule has 0 N–H and O–H groups in total. The van der Waals surface area contributed by atoms with E-state index in [1.807, 2.05) is 12.1 Å². The second-order valence-electron chi connectivity index (χ2n) is 6.36. The molecule has 1 aliphatic heterocycles. The molecule has 0 spiro atoms. The van der Waals surface area contributed by atoms with Gasteiger partial charge in [0, 0.05) is 0 Å². The van der Waals surface area contributed by atoms with Gasteiger partial charge in [0.05, 0.1) is 18.8 Å². The Bertz CT molecular complexity index is 530. The van der Waals surface area contributed by atoms with Gasteiger partial charge < -0.3 is 9.47 Å². The van der Waals surface area contributed by atoms with Crippen molar-refractivity contribution in [3.05, 3.63) is 47.0 Å². The van der Waals surface area contributed by atoms with Crippen molar-refractivity contribution in [3.63, 3.8) is 0 Å². The third kappa shape index (κ3) is 5.21. The number of benzene rings is 1. The van der Waals surface area contributed by atoms with Crippen molar-refractivity contribution in [2.45, 2.75) is 64.6 Å². The van der Waals surface area contributed by atoms with Crippen LogP contribution in [0.5, 0.6) is 0 Å². The number of ether oxygens (including phenoxy) is 2. The van der Waals surface area contributed by atoms with E-state index in [9.17, 15) is 4.79 Å². The summed E-state index contributed by atoms with van der Waals surface area (Å²) in [6.45, 7) is 4.41. The Morgan fingerprint density at radius 3 is 2.61 bits per heavy atom. The van der Waals surface area contributed by atoms with Gasteiger partial charge in [0.2, 0.25) is 0 Å². The molecule has 23 heavy (non-hydrogen) atoms. The minimum absolute atomic E-state index is 0.00776. The first-order valence-corrected chi connectivity index (χ1v) is 8.65. The van der Waals surface area contributed by atoms with Crippen molar-refractivity contribution < 1.29 is 14.3 Å². The number of hydrogen-bond donors (Lipinski definition) is 0. The number of methoxy groups -OCH3 is 1. The average Bonchev–Trinajstić information content (AvgIpc) is 2.58. The summed E-state index contributed by atoms with van der Waals surface area (Å²) in [6.07, 6.45) is 9.74. The van der Waals surface area contributed by atoms with E-state index in [-0.39, 0.29) is 12.1 Å². The first kappa shape index (κ1) is 17.7. The van der Waals surface area contributed by atoms with Crippen LogP contribution in [0.25, 0.3) is 0 Å². The van der Waals surface area contributed by atoms with E-state index in [0.717, 1.165) is 18.4 Å². The summed E-state index contributed by atoms with van der Waals surface area (Å²) in [7, 11) is 1.40. The standard InChI is InChI=1S/C20H28O3/c1-4-5-6-7-8-18-13-15(2)14-19(23-18)16-9-11-17(12-10-16)20(21)22-3/h9-12,14,18-19H,4-8,13H2,1-3H3/t18-,19-/m0/s1. The lowest BCUT2D eigenvalue weighted by Gasteiger charge is -2.29. The zero-order chi connectivity index (χ0) is 16.7. The predicted molar refractivity (Wildman–Crippen MR) is 92.5 cm³/mol. The van der Waals surface area contributed by atoms with Crippen molar-refractivity contribution >= 4 is 5.97 Å². The van der Waals surface area contributed by atoms with Crippen LogP contribution in [-0.2, 0) is 9.47 Å². The number of carbonyl (C=O) groups excluding carboxylic acids is 1. The highest BCUT2D eigenvalue weighted by molar-refractivity contribution is 5.89. The van der Waals surface area contributed by atoms with Gasteiger partial charge in [-0.1, -0.05) is 56.4 Å². The summed E-state index contributed by atoms with van der Waals surface area (Å²) < 4.78 is 11.0. The summed E-state index contributed by atoms with van der Waals surface area (Å²) in [5, 5.41) is 0. The molecule has 0 radical (unpaired) electrons. The minimum Gasteiger partial charge on any atom is -0.465 e. The van der Waals surface area contributed by atoms with E-state index in [4.69, 9.17) is 9.47 Å². The fraction of sp³-hybridized carbons (Fsp3) is 0.550. The van der Waals surface area contributed by atoms with Crippen LogP contribution in [0.2, 0.25) is 0 Å². The van der Waals surface area contributed by atoms with Gasteiger partial charge >= 0.3 is 5.97 Å². The Kier molecular flexibility index (Phi) is 6.85. The van der Waals surface area contributed by atoms with Crippen LogP contribution in [0, 0.1) is 0 Å². The van der Waals surface area contributed by atoms with Gasteiger partial charge in [0.25, 0.3) is 0 Å². The maximum atomic E-state index is 11.5. The van der Waals surface area contributed by atoms with Gasteiger partial charge in [-0.3, -0.25) is 0 Å². The van der Waals surface area contributed by atoms with Gasteiger partial charge in [0.15, 0.2) is 0 Å². The molecule has 0 unspecified atom stereocenters. The average molecular weight is 316 g/mol. The highest BCUT2D eigenvalue weighted by Gasteiger charge is 2.22. The van der Waals surface area contributed by atoms with E-state index in [0.29, 0.717) is 11.7 Å². The molecule has 0 saturated heterocycles. The Labute approximate surface area is 139 Å². The lowest BCUT2D eigenvalue weighted by Crippen LogP contribution is -2.21. The lowest BCUT2D eigenvalue weighted by atomic mass is 9.96. The zero-order valence-electron chi connectivity index (χ0n) is 14.5. The first-order valence-electron chi connectivity index (χ1n) is 8.65. The molecule has 0 aliphatic carbocycles. The highest BCUT2D eigenvalue weighted by Crippen LogP contribution is 2.31. The van der Waals surface area contributed by atoms with Gasteiger partial charge in [-0.15, -0.1) is 0 Å². The molecule has 1 aromatic carbocycles. The van der Waals surface area contributed by atoms with Crippen molar-refractivity contribution in [2.24, 2.45) is 0 Å². The Hall–Kier alpha value is -1.61. The smallest absolute Gasteiger partial charge is 0.337 e. The molecule has 0 fully saturated rings. The highest BCUT2D eigenvalue weighted by atomic mass is 16.5. The molecular weight excluding hydrogens is 288 g/mol. The first-order chi connectivity index (χ1) is 11.1. The molecule has 0 saturated carbocycles. The minimum atomic E-state index is -0.304. The molecule has 1 aromatic rings. The molecule has 3 heteroatoms. The van der Waals surface area contributed by atoms with E-state index in [1.165, 1.54) is 38.4 Å². The van der Waals surface area contributed by atoms with Crippen LogP contribution in [-0.4, -0.2) is 19.2 Å². The van der Waals surface area contributed by atoms with Crippen LogP contribution in [0.1, 0.15) is 74.4 Å². The number of esters is 1. The van der Waals surface area contributed by atoms with Crippen LogP contribution in [0.15, 0.2) is 35.9 Å². The molecular formula is C20H28O3. The van der Waals surface area contributed by atoms with Crippen LogP contribution in [0.4, 0.5) is 0 Å². The maximum absolute atomic E-state index is 11.5. The summed E-state index contributed by atoms with van der Waals surface area (Å²) in [5.41, 5.74) is 3.05. The van der Waals surface area contributed by atoms with Gasteiger partial charge in [-0.25, -0.2) is 4.79 Å². The molecule has 0 bridgehead atoms. The van der Waals surface area contributed by atoms with E-state index in [2.05, 4.69) is 19.9 Å². The molecule has 1 heterocycles. The second kappa shape index (κ2) is 8.88. The van der Waals surface area contributed by atoms with Gasteiger partial charge in [-0.2, -0.15) is 0 Å². The largest absolute Gasteiger partial charge is 0.465 e. The predicted octanol–water partition coefficient (Wildman–Crippen LogP) is 5.22. The Morgan fingerprint density at radius 1 is 1.22 bits per heavy atom. The molecule has 0 aromatic heterocycles. The summed E-state index contributed by atoms with van der Waals surface area (Å²) in [6, 6.07) is 7.53.